The number of unbranched alkanes of at least 4 members (excludes halogenated alkanes) is 2. The van der Waals surface area contributed by atoms with Gasteiger partial charge in [0.15, 0.2) is 11.5 Å². The van der Waals surface area contributed by atoms with E-state index in [1.165, 1.54) is 25.7 Å². The lowest BCUT2D eigenvalue weighted by Crippen LogP contribution is -1.95. The Hall–Kier alpha value is -2.16. The Kier molecular flexibility index (Phi) is 19.6. The Morgan fingerprint density at radius 2 is 1.25 bits per heavy atom. The first-order valence-corrected chi connectivity index (χ1v) is 10.5. The van der Waals surface area contributed by atoms with E-state index in [4.69, 9.17) is 14.2 Å². The van der Waals surface area contributed by atoms with E-state index in [0.717, 1.165) is 11.3 Å². The summed E-state index contributed by atoms with van der Waals surface area (Å²) in [5.74, 6) is 2.69. The van der Waals surface area contributed by atoms with Crippen LogP contribution in [-0.4, -0.2) is 14.2 Å². The summed E-state index contributed by atoms with van der Waals surface area (Å²) in [5, 5.41) is 0. The third-order valence-corrected chi connectivity index (χ3v) is 3.27. The van der Waals surface area contributed by atoms with Crippen molar-refractivity contribution in [2.45, 2.75) is 74.1 Å². The maximum Gasteiger partial charge on any atom is 0.203 e. The van der Waals surface area contributed by atoms with Crippen LogP contribution in [0.3, 0.4) is 0 Å². The van der Waals surface area contributed by atoms with Crippen molar-refractivity contribution in [2.24, 2.45) is 0 Å². The highest BCUT2D eigenvalue weighted by molar-refractivity contribution is 5.54. The van der Waals surface area contributed by atoms with Crippen LogP contribution in [0.4, 0.5) is 0 Å². The molecule has 0 aliphatic rings. The minimum atomic E-state index is 0.604. The largest absolute Gasteiger partial charge is 0.493 e. The zero-order chi connectivity index (χ0) is 21.8. The molecule has 0 aliphatic carbocycles. The molecule has 28 heavy (non-hydrogen) atoms. The smallest absolute Gasteiger partial charge is 0.203 e. The van der Waals surface area contributed by atoms with Crippen LogP contribution in [0.1, 0.15) is 72.8 Å². The molecule has 0 bridgehead atoms. The maximum atomic E-state index is 5.82. The topological polar surface area (TPSA) is 27.7 Å². The van der Waals surface area contributed by atoms with E-state index < -0.39 is 0 Å². The minimum Gasteiger partial charge on any atom is -0.493 e. The van der Waals surface area contributed by atoms with E-state index in [-0.39, 0.29) is 0 Å². The summed E-state index contributed by atoms with van der Waals surface area (Å²) in [6.07, 6.45) is 5.33. The van der Waals surface area contributed by atoms with E-state index >= 15 is 0 Å². The number of ether oxygens (including phenoxy) is 3. The molecule has 160 valence electrons. The van der Waals surface area contributed by atoms with Crippen LogP contribution >= 0.6 is 0 Å². The zero-order valence-corrected chi connectivity index (χ0v) is 19.6. The van der Waals surface area contributed by atoms with E-state index in [2.05, 4.69) is 27.7 Å². The first-order chi connectivity index (χ1) is 13.6. The Labute approximate surface area is 174 Å². The fourth-order valence-corrected chi connectivity index (χ4v) is 2.11. The van der Waals surface area contributed by atoms with E-state index in [9.17, 15) is 0 Å². The zero-order valence-electron chi connectivity index (χ0n) is 19.6. The summed E-state index contributed by atoms with van der Waals surface area (Å²) in [6, 6.07) is 13.4. The molecule has 0 unspecified atom stereocenters. The lowest BCUT2D eigenvalue weighted by Gasteiger charge is -2.14. The van der Waals surface area contributed by atoms with Gasteiger partial charge in [-0.2, -0.15) is 0 Å². The number of aryl methyl sites for hydroxylation is 1. The average Bonchev–Trinajstić information content (AvgIpc) is 2.71. The summed E-state index contributed by atoms with van der Waals surface area (Å²) < 4.78 is 16.5. The first-order valence-electron chi connectivity index (χ1n) is 10.5. The summed E-state index contributed by atoms with van der Waals surface area (Å²) in [5.41, 5.74) is 1.05. The molecule has 0 saturated heterocycles. The monoisotopic (exact) mass is 390 g/mol. The van der Waals surface area contributed by atoms with Crippen molar-refractivity contribution in [3.8, 4) is 23.0 Å². The van der Waals surface area contributed by atoms with Crippen molar-refractivity contribution < 1.29 is 14.2 Å². The number of para-hydroxylation sites is 1. The molecular formula is C25H42O3. The van der Waals surface area contributed by atoms with Gasteiger partial charge in [-0.05, 0) is 36.8 Å². The van der Waals surface area contributed by atoms with Gasteiger partial charge in [0.2, 0.25) is 5.75 Å². The van der Waals surface area contributed by atoms with Gasteiger partial charge in [-0.3, -0.25) is 0 Å². The van der Waals surface area contributed by atoms with Crippen LogP contribution < -0.4 is 14.2 Å². The Morgan fingerprint density at radius 1 is 0.750 bits per heavy atom. The predicted molar refractivity (Wildman–Crippen MR) is 123 cm³/mol. The number of benzene rings is 2. The van der Waals surface area contributed by atoms with Gasteiger partial charge in [-0.15, -0.1) is 0 Å². The van der Waals surface area contributed by atoms with E-state index in [0.29, 0.717) is 17.2 Å². The van der Waals surface area contributed by atoms with Crippen LogP contribution in [0, 0.1) is 6.92 Å². The molecular weight excluding hydrogens is 348 g/mol. The molecule has 0 aromatic heterocycles. The molecule has 0 spiro atoms. The summed E-state index contributed by atoms with van der Waals surface area (Å²) >= 11 is 0. The molecule has 3 heteroatoms. The standard InChI is InChI=1S/C15H16O3.C5H12.C3H8.C2H6/c1-11-9-13(16-2)15(17-3)14(10-11)18-12-7-5-4-6-8-12;1-3-5-4-2;1-3-2;1-2/h4-10H,1-3H3;3-5H2,1-2H3;3H2,1-2H3;1-2H3. The third-order valence-electron chi connectivity index (χ3n) is 3.27. The molecule has 0 amide bonds. The number of methoxy groups -OCH3 is 2. The molecule has 2 aromatic carbocycles. The van der Waals surface area contributed by atoms with E-state index in [1.807, 2.05) is 63.2 Å². The Morgan fingerprint density at radius 3 is 1.64 bits per heavy atom. The van der Waals surface area contributed by atoms with Gasteiger partial charge in [0.25, 0.3) is 0 Å². The van der Waals surface area contributed by atoms with Crippen LogP contribution in [0.15, 0.2) is 42.5 Å². The molecule has 0 saturated carbocycles. The van der Waals surface area contributed by atoms with Gasteiger partial charge in [0.05, 0.1) is 14.2 Å². The van der Waals surface area contributed by atoms with Gasteiger partial charge >= 0.3 is 0 Å². The Bertz CT molecular complexity index is 578. The molecule has 3 nitrogen and oxygen atoms in total. The second kappa shape index (κ2) is 19.6. The molecule has 0 atom stereocenters. The van der Waals surface area contributed by atoms with Gasteiger partial charge in [-0.25, -0.2) is 0 Å². The molecule has 0 radical (unpaired) electrons. The van der Waals surface area contributed by atoms with Crippen molar-refractivity contribution in [1.82, 2.24) is 0 Å². The van der Waals surface area contributed by atoms with Crippen molar-refractivity contribution >= 4 is 0 Å². The molecule has 0 fully saturated rings. The minimum absolute atomic E-state index is 0.604. The second-order valence-electron chi connectivity index (χ2n) is 5.97. The van der Waals surface area contributed by atoms with Crippen LogP contribution in [0.5, 0.6) is 23.0 Å². The highest BCUT2D eigenvalue weighted by Crippen LogP contribution is 2.40. The fraction of sp³-hybridized carbons (Fsp3) is 0.520. The van der Waals surface area contributed by atoms with Gasteiger partial charge in [-0.1, -0.05) is 85.4 Å². The number of rotatable bonds is 6. The second-order valence-corrected chi connectivity index (χ2v) is 5.97. The van der Waals surface area contributed by atoms with Crippen LogP contribution in [0.25, 0.3) is 0 Å². The number of hydrogen-bond acceptors (Lipinski definition) is 3. The molecule has 2 rings (SSSR count). The van der Waals surface area contributed by atoms with Crippen molar-refractivity contribution in [3.05, 3.63) is 48.0 Å². The van der Waals surface area contributed by atoms with Gasteiger partial charge < -0.3 is 14.2 Å². The first kappa shape index (κ1) is 28.1. The molecule has 2 aromatic rings. The van der Waals surface area contributed by atoms with Crippen molar-refractivity contribution in [2.75, 3.05) is 14.2 Å². The van der Waals surface area contributed by atoms with Gasteiger partial charge in [0.1, 0.15) is 5.75 Å². The Balaban J connectivity index is 0. The van der Waals surface area contributed by atoms with Crippen molar-refractivity contribution in [3.63, 3.8) is 0 Å². The van der Waals surface area contributed by atoms with Gasteiger partial charge in [0, 0.05) is 0 Å². The summed E-state index contributed by atoms with van der Waals surface area (Å²) in [4.78, 5) is 0. The third kappa shape index (κ3) is 12.3. The quantitative estimate of drug-likeness (QED) is 0.495. The summed E-state index contributed by atoms with van der Waals surface area (Å²) in [7, 11) is 3.22. The maximum absolute atomic E-state index is 5.82. The molecule has 0 heterocycles. The summed E-state index contributed by atoms with van der Waals surface area (Å²) in [6.45, 7) is 14.7. The lowest BCUT2D eigenvalue weighted by atomic mass is 10.2. The SMILES string of the molecule is CC.CCC.CCCCC.COc1cc(C)cc(Oc2ccccc2)c1OC. The lowest BCUT2D eigenvalue weighted by molar-refractivity contribution is 0.336. The molecule has 0 aliphatic heterocycles. The highest BCUT2D eigenvalue weighted by atomic mass is 16.5. The van der Waals surface area contributed by atoms with Crippen LogP contribution in [0.2, 0.25) is 0 Å². The predicted octanol–water partition coefficient (Wildman–Crippen LogP) is 8.44. The van der Waals surface area contributed by atoms with Crippen molar-refractivity contribution in [1.29, 1.82) is 0 Å². The normalized spacial score (nSPS) is 8.75. The van der Waals surface area contributed by atoms with E-state index in [1.54, 1.807) is 14.2 Å². The highest BCUT2D eigenvalue weighted by Gasteiger charge is 2.13. The van der Waals surface area contributed by atoms with Crippen LogP contribution in [-0.2, 0) is 0 Å². The average molecular weight is 391 g/mol. The molecule has 0 N–H and O–H groups in total. The fourth-order valence-electron chi connectivity index (χ4n) is 2.11. The number of hydrogen-bond donors (Lipinski definition) is 0.